The van der Waals surface area contributed by atoms with Gasteiger partial charge in [0.2, 0.25) is 11.8 Å². The average molecular weight is 318 g/mol. The van der Waals surface area contributed by atoms with Crippen molar-refractivity contribution in [1.82, 2.24) is 15.1 Å². The maximum atomic E-state index is 12.1. The molecule has 0 saturated carbocycles. The molecule has 8 nitrogen and oxygen atoms in total. The number of rotatable bonds is 6. The third kappa shape index (κ3) is 4.22. The molecule has 0 radical (unpaired) electrons. The van der Waals surface area contributed by atoms with Gasteiger partial charge in [-0.2, -0.15) is 0 Å². The maximum Gasteiger partial charge on any atom is 0.258 e. The summed E-state index contributed by atoms with van der Waals surface area (Å²) in [5, 5.41) is 9.17. The van der Waals surface area contributed by atoms with Crippen LogP contribution in [0.4, 0.5) is 5.69 Å². The molecule has 2 aromatic rings. The molecule has 0 aliphatic rings. The minimum atomic E-state index is -0.434. The van der Waals surface area contributed by atoms with Crippen molar-refractivity contribution in [2.75, 3.05) is 26.1 Å². The van der Waals surface area contributed by atoms with Gasteiger partial charge in [-0.1, -0.05) is 6.07 Å². The minimum Gasteiger partial charge on any atom is -0.497 e. The number of hydrogen-bond donors (Lipinski definition) is 2. The van der Waals surface area contributed by atoms with Crippen molar-refractivity contribution < 1.29 is 19.1 Å². The second-order valence-corrected chi connectivity index (χ2v) is 4.69. The molecule has 8 heteroatoms. The van der Waals surface area contributed by atoms with E-state index in [9.17, 15) is 9.59 Å². The molecule has 1 aromatic carbocycles. The Morgan fingerprint density at radius 1 is 1.26 bits per heavy atom. The van der Waals surface area contributed by atoms with Crippen LogP contribution in [0, 0.1) is 0 Å². The van der Waals surface area contributed by atoms with E-state index < -0.39 is 5.91 Å². The van der Waals surface area contributed by atoms with Crippen molar-refractivity contribution in [3.05, 3.63) is 36.0 Å². The summed E-state index contributed by atoms with van der Waals surface area (Å²) < 4.78 is 11.5. The van der Waals surface area contributed by atoms with Crippen molar-refractivity contribution in [1.29, 1.82) is 0 Å². The largest absolute Gasteiger partial charge is 0.497 e. The third-order valence-electron chi connectivity index (χ3n) is 3.00. The number of carbonyl (C=O) groups is 2. The Hall–Kier alpha value is -3.03. The van der Waals surface area contributed by atoms with Crippen LogP contribution in [-0.2, 0) is 11.8 Å². The predicted octanol–water partition coefficient (Wildman–Crippen LogP) is 0.806. The van der Waals surface area contributed by atoms with E-state index in [1.807, 2.05) is 0 Å². The van der Waals surface area contributed by atoms with E-state index in [1.165, 1.54) is 18.0 Å². The summed E-state index contributed by atoms with van der Waals surface area (Å²) in [5.41, 5.74) is 0.853. The summed E-state index contributed by atoms with van der Waals surface area (Å²) in [5.74, 6) is 0.0512. The van der Waals surface area contributed by atoms with Crippen LogP contribution in [0.2, 0.25) is 0 Å². The highest BCUT2D eigenvalue weighted by Crippen LogP contribution is 2.16. The minimum absolute atomic E-state index is 0.173. The molecule has 0 spiro atoms. The fourth-order valence-corrected chi connectivity index (χ4v) is 1.94. The highest BCUT2D eigenvalue weighted by molar-refractivity contribution is 6.00. The van der Waals surface area contributed by atoms with E-state index in [0.29, 0.717) is 11.4 Å². The molecule has 0 unspecified atom stereocenters. The normalized spacial score (nSPS) is 10.0. The number of methoxy groups -OCH3 is 2. The first kappa shape index (κ1) is 16.3. The molecular weight excluding hydrogens is 300 g/mol. The van der Waals surface area contributed by atoms with E-state index in [1.54, 1.807) is 38.4 Å². The molecule has 0 aliphatic heterocycles. The van der Waals surface area contributed by atoms with Crippen LogP contribution in [-0.4, -0.2) is 42.4 Å². The smallest absolute Gasteiger partial charge is 0.258 e. The van der Waals surface area contributed by atoms with Crippen LogP contribution >= 0.6 is 0 Å². The molecule has 23 heavy (non-hydrogen) atoms. The Kier molecular flexibility index (Phi) is 5.19. The molecule has 0 saturated heterocycles. The highest BCUT2D eigenvalue weighted by atomic mass is 16.5. The van der Waals surface area contributed by atoms with Gasteiger partial charge in [-0.05, 0) is 12.1 Å². The zero-order valence-corrected chi connectivity index (χ0v) is 13.1. The summed E-state index contributed by atoms with van der Waals surface area (Å²) in [6.07, 6.45) is 1.52. The molecular formula is C15H18N4O4. The zero-order chi connectivity index (χ0) is 16.8. The molecule has 2 rings (SSSR count). The number of amides is 2. The number of hydrogen-bond acceptors (Lipinski definition) is 5. The van der Waals surface area contributed by atoms with Crippen molar-refractivity contribution in [2.24, 2.45) is 7.05 Å². The molecule has 0 bridgehead atoms. The molecule has 0 atom stereocenters. The Morgan fingerprint density at radius 3 is 2.74 bits per heavy atom. The molecule has 0 fully saturated rings. The van der Waals surface area contributed by atoms with Crippen molar-refractivity contribution in [3.8, 4) is 11.6 Å². The van der Waals surface area contributed by atoms with Crippen molar-refractivity contribution in [2.45, 2.75) is 0 Å². The van der Waals surface area contributed by atoms with Gasteiger partial charge in [0.25, 0.3) is 5.91 Å². The van der Waals surface area contributed by atoms with Gasteiger partial charge in [0, 0.05) is 25.0 Å². The lowest BCUT2D eigenvalue weighted by Gasteiger charge is -2.08. The standard InChI is InChI=1S/C15H18N4O4/c1-19-9-12(15(18-19)23-3)14(21)16-8-13(20)17-10-5-4-6-11(7-10)22-2/h4-7,9H,8H2,1-3H3,(H,16,21)(H,17,20). The maximum absolute atomic E-state index is 12.1. The van der Waals surface area contributed by atoms with Crippen molar-refractivity contribution in [3.63, 3.8) is 0 Å². The molecule has 1 heterocycles. The van der Waals surface area contributed by atoms with E-state index in [-0.39, 0.29) is 23.9 Å². The quantitative estimate of drug-likeness (QED) is 0.822. The van der Waals surface area contributed by atoms with Crippen molar-refractivity contribution >= 4 is 17.5 Å². The number of aryl methyl sites for hydroxylation is 1. The predicted molar refractivity (Wildman–Crippen MR) is 83.7 cm³/mol. The number of anilines is 1. The lowest BCUT2D eigenvalue weighted by atomic mass is 10.3. The number of nitrogens with one attached hydrogen (secondary N) is 2. The molecule has 122 valence electrons. The van der Waals surface area contributed by atoms with Crippen LogP contribution in [0.15, 0.2) is 30.5 Å². The van der Waals surface area contributed by atoms with E-state index >= 15 is 0 Å². The van der Waals surface area contributed by atoms with Crippen LogP contribution in [0.25, 0.3) is 0 Å². The first-order valence-electron chi connectivity index (χ1n) is 6.83. The summed E-state index contributed by atoms with van der Waals surface area (Å²) in [7, 11) is 4.64. The van der Waals surface area contributed by atoms with Gasteiger partial charge in [-0.15, -0.1) is 5.10 Å². The topological polar surface area (TPSA) is 94.5 Å². The van der Waals surface area contributed by atoms with Gasteiger partial charge >= 0.3 is 0 Å². The van der Waals surface area contributed by atoms with Gasteiger partial charge in [0.05, 0.1) is 20.8 Å². The summed E-state index contributed by atoms with van der Waals surface area (Å²) >= 11 is 0. The first-order valence-corrected chi connectivity index (χ1v) is 6.83. The van der Waals surface area contributed by atoms with Crippen LogP contribution < -0.4 is 20.1 Å². The van der Waals surface area contributed by atoms with Gasteiger partial charge in [0.15, 0.2) is 0 Å². The Morgan fingerprint density at radius 2 is 2.04 bits per heavy atom. The molecule has 0 aliphatic carbocycles. The molecule has 2 amide bonds. The second-order valence-electron chi connectivity index (χ2n) is 4.69. The number of aromatic nitrogens is 2. The summed E-state index contributed by atoms with van der Waals surface area (Å²) in [6, 6.07) is 6.94. The first-order chi connectivity index (χ1) is 11.0. The number of nitrogens with zero attached hydrogens (tertiary/aromatic N) is 2. The molecule has 1 aromatic heterocycles. The van der Waals surface area contributed by atoms with Gasteiger partial charge in [-0.25, -0.2) is 0 Å². The van der Waals surface area contributed by atoms with E-state index in [4.69, 9.17) is 9.47 Å². The lowest BCUT2D eigenvalue weighted by Crippen LogP contribution is -2.32. The van der Waals surface area contributed by atoms with E-state index in [2.05, 4.69) is 15.7 Å². The fraction of sp³-hybridized carbons (Fsp3) is 0.267. The van der Waals surface area contributed by atoms with Crippen LogP contribution in [0.3, 0.4) is 0 Å². The lowest BCUT2D eigenvalue weighted by molar-refractivity contribution is -0.115. The Balaban J connectivity index is 1.92. The summed E-state index contributed by atoms with van der Waals surface area (Å²) in [6.45, 7) is -0.173. The number of ether oxygens (including phenoxy) is 2. The van der Waals surface area contributed by atoms with Crippen LogP contribution in [0.5, 0.6) is 11.6 Å². The van der Waals surface area contributed by atoms with Gasteiger partial charge in [-0.3, -0.25) is 14.3 Å². The fourth-order valence-electron chi connectivity index (χ4n) is 1.94. The van der Waals surface area contributed by atoms with Gasteiger partial charge in [0.1, 0.15) is 11.3 Å². The Labute approximate surface area is 133 Å². The molecule has 2 N–H and O–H groups in total. The van der Waals surface area contributed by atoms with E-state index in [0.717, 1.165) is 0 Å². The highest BCUT2D eigenvalue weighted by Gasteiger charge is 2.17. The average Bonchev–Trinajstić information content (AvgIpc) is 2.94. The second kappa shape index (κ2) is 7.30. The number of carbonyl (C=O) groups excluding carboxylic acids is 2. The van der Waals surface area contributed by atoms with Crippen LogP contribution in [0.1, 0.15) is 10.4 Å². The monoisotopic (exact) mass is 318 g/mol. The summed E-state index contributed by atoms with van der Waals surface area (Å²) in [4.78, 5) is 23.9. The zero-order valence-electron chi connectivity index (χ0n) is 13.1. The number of benzene rings is 1. The van der Waals surface area contributed by atoms with Gasteiger partial charge < -0.3 is 20.1 Å². The third-order valence-corrected chi connectivity index (χ3v) is 3.00. The SMILES string of the molecule is COc1cccc(NC(=O)CNC(=O)c2cn(C)nc2OC)c1. The Bertz CT molecular complexity index is 711.